The maximum Gasteiger partial charge on any atom is 0.167 e. The van der Waals surface area contributed by atoms with Gasteiger partial charge >= 0.3 is 0 Å². The Labute approximate surface area is 120 Å². The molecule has 112 valence electrons. The Hall–Kier alpha value is -1.45. The molecule has 0 aliphatic heterocycles. The predicted octanol–water partition coefficient (Wildman–Crippen LogP) is 3.82. The molecule has 1 aromatic carbocycles. The first-order chi connectivity index (χ1) is 9.52. The molecule has 4 heteroatoms. The van der Waals surface area contributed by atoms with Gasteiger partial charge in [0.1, 0.15) is 0 Å². The Morgan fingerprint density at radius 2 is 2.10 bits per heavy atom. The summed E-state index contributed by atoms with van der Waals surface area (Å²) < 4.78 is 19.1. The van der Waals surface area contributed by atoms with E-state index in [-0.39, 0.29) is 5.82 Å². The molecule has 0 unspecified atom stereocenters. The Balaban J connectivity index is 2.24. The Kier molecular flexibility index (Phi) is 4.73. The van der Waals surface area contributed by atoms with Crippen LogP contribution in [0.5, 0.6) is 5.75 Å². The molecule has 0 heterocycles. The minimum atomic E-state index is -0.382. The Bertz CT molecular complexity index is 458. The van der Waals surface area contributed by atoms with E-state index in [1.165, 1.54) is 18.9 Å². The van der Waals surface area contributed by atoms with Crippen molar-refractivity contribution in [3.63, 3.8) is 0 Å². The maximum absolute atomic E-state index is 13.8. The van der Waals surface area contributed by atoms with Crippen molar-refractivity contribution in [2.45, 2.75) is 46.1 Å². The summed E-state index contributed by atoms with van der Waals surface area (Å²) in [5.41, 5.74) is 7.44. The lowest BCUT2D eigenvalue weighted by atomic mass is 10.1. The fourth-order valence-corrected chi connectivity index (χ4v) is 2.36. The van der Waals surface area contributed by atoms with Crippen LogP contribution in [0.1, 0.15) is 40.0 Å². The number of halogens is 1. The van der Waals surface area contributed by atoms with Gasteiger partial charge in [-0.15, -0.1) is 0 Å². The smallest absolute Gasteiger partial charge is 0.167 e. The SMILES string of the molecule is CCOc1cc(N(CCC(C)C)C2CC2)c(N)cc1F. The van der Waals surface area contributed by atoms with Crippen LogP contribution < -0.4 is 15.4 Å². The molecule has 3 nitrogen and oxygen atoms in total. The van der Waals surface area contributed by atoms with Crippen LogP contribution in [0.25, 0.3) is 0 Å². The molecular formula is C16H25FN2O. The number of hydrogen-bond donors (Lipinski definition) is 1. The highest BCUT2D eigenvalue weighted by Gasteiger charge is 2.30. The molecule has 1 saturated carbocycles. The predicted molar refractivity (Wildman–Crippen MR) is 81.8 cm³/mol. The molecule has 0 aromatic heterocycles. The molecule has 2 N–H and O–H groups in total. The first-order valence-electron chi connectivity index (χ1n) is 7.51. The molecule has 1 aromatic rings. The average Bonchev–Trinajstić information content (AvgIpc) is 3.19. The molecule has 1 aliphatic carbocycles. The van der Waals surface area contributed by atoms with Crippen LogP contribution in [0.2, 0.25) is 0 Å². The minimum absolute atomic E-state index is 0.298. The van der Waals surface area contributed by atoms with Crippen LogP contribution in [0, 0.1) is 11.7 Å². The molecule has 2 rings (SSSR count). The highest BCUT2D eigenvalue weighted by molar-refractivity contribution is 5.71. The third-order valence-corrected chi connectivity index (χ3v) is 3.63. The zero-order valence-electron chi connectivity index (χ0n) is 12.7. The van der Waals surface area contributed by atoms with E-state index in [2.05, 4.69) is 18.7 Å². The van der Waals surface area contributed by atoms with Gasteiger partial charge in [-0.05, 0) is 32.1 Å². The number of nitrogens with two attached hydrogens (primary N) is 1. The highest BCUT2D eigenvalue weighted by Crippen LogP contribution is 2.38. The molecule has 0 radical (unpaired) electrons. The van der Waals surface area contributed by atoms with Gasteiger partial charge in [0.25, 0.3) is 0 Å². The summed E-state index contributed by atoms with van der Waals surface area (Å²) in [6.45, 7) is 7.70. The van der Waals surface area contributed by atoms with Crippen LogP contribution in [-0.2, 0) is 0 Å². The van der Waals surface area contributed by atoms with Crippen LogP contribution in [-0.4, -0.2) is 19.2 Å². The van der Waals surface area contributed by atoms with Crippen molar-refractivity contribution in [1.29, 1.82) is 0 Å². The largest absolute Gasteiger partial charge is 0.491 e. The van der Waals surface area contributed by atoms with Gasteiger partial charge in [-0.1, -0.05) is 13.8 Å². The van der Waals surface area contributed by atoms with Gasteiger partial charge in [-0.3, -0.25) is 0 Å². The van der Waals surface area contributed by atoms with Gasteiger partial charge in [0.05, 0.1) is 18.0 Å². The molecule has 0 bridgehead atoms. The van der Waals surface area contributed by atoms with Crippen LogP contribution in [0.3, 0.4) is 0 Å². The van der Waals surface area contributed by atoms with E-state index < -0.39 is 0 Å². The van der Waals surface area contributed by atoms with Gasteiger partial charge in [-0.2, -0.15) is 0 Å². The van der Waals surface area contributed by atoms with Crippen molar-refractivity contribution in [2.75, 3.05) is 23.8 Å². The number of nitrogens with zero attached hydrogens (tertiary/aromatic N) is 1. The van der Waals surface area contributed by atoms with E-state index in [1.807, 2.05) is 6.92 Å². The van der Waals surface area contributed by atoms with E-state index in [0.29, 0.717) is 30.0 Å². The van der Waals surface area contributed by atoms with Gasteiger partial charge in [-0.25, -0.2) is 4.39 Å². The molecule has 20 heavy (non-hydrogen) atoms. The molecule has 0 spiro atoms. The summed E-state index contributed by atoms with van der Waals surface area (Å²) >= 11 is 0. The van der Waals surface area contributed by atoms with Crippen molar-refractivity contribution in [3.8, 4) is 5.75 Å². The second-order valence-electron chi connectivity index (χ2n) is 5.88. The van der Waals surface area contributed by atoms with Gasteiger partial charge in [0.15, 0.2) is 11.6 Å². The van der Waals surface area contributed by atoms with E-state index in [0.717, 1.165) is 18.7 Å². The van der Waals surface area contributed by atoms with Crippen LogP contribution in [0.4, 0.5) is 15.8 Å². The van der Waals surface area contributed by atoms with E-state index >= 15 is 0 Å². The lowest BCUT2D eigenvalue weighted by Crippen LogP contribution is -2.28. The lowest BCUT2D eigenvalue weighted by molar-refractivity contribution is 0.321. The molecule has 1 fully saturated rings. The fourth-order valence-electron chi connectivity index (χ4n) is 2.36. The number of ether oxygens (including phenoxy) is 1. The zero-order valence-corrected chi connectivity index (χ0v) is 12.7. The summed E-state index contributed by atoms with van der Waals surface area (Å²) in [5, 5.41) is 0. The molecule has 1 aliphatic rings. The monoisotopic (exact) mass is 280 g/mol. The van der Waals surface area contributed by atoms with Gasteiger partial charge in [0.2, 0.25) is 0 Å². The summed E-state index contributed by atoms with van der Waals surface area (Å²) in [5.74, 6) is 0.559. The summed E-state index contributed by atoms with van der Waals surface area (Å²) in [7, 11) is 0. The number of hydrogen-bond acceptors (Lipinski definition) is 3. The fraction of sp³-hybridized carbons (Fsp3) is 0.625. The van der Waals surface area contributed by atoms with Crippen molar-refractivity contribution < 1.29 is 9.13 Å². The zero-order chi connectivity index (χ0) is 14.7. The third-order valence-electron chi connectivity index (χ3n) is 3.63. The second-order valence-corrected chi connectivity index (χ2v) is 5.88. The van der Waals surface area contributed by atoms with Crippen molar-refractivity contribution >= 4 is 11.4 Å². The summed E-state index contributed by atoms with van der Waals surface area (Å²) in [4.78, 5) is 2.32. The average molecular weight is 280 g/mol. The van der Waals surface area contributed by atoms with Crippen LogP contribution in [0.15, 0.2) is 12.1 Å². The van der Waals surface area contributed by atoms with Crippen LogP contribution >= 0.6 is 0 Å². The van der Waals surface area contributed by atoms with E-state index in [1.54, 1.807) is 6.07 Å². The van der Waals surface area contributed by atoms with Crippen molar-refractivity contribution in [3.05, 3.63) is 17.9 Å². The number of nitrogen functional groups attached to an aromatic ring is 1. The number of rotatable bonds is 7. The standard InChI is InChI=1S/C16H25FN2O/c1-4-20-16-10-15(14(18)9-13(16)17)19(12-5-6-12)8-7-11(2)3/h9-12H,4-8,18H2,1-3H3. The Morgan fingerprint density at radius 3 is 2.65 bits per heavy atom. The molecule has 0 atom stereocenters. The minimum Gasteiger partial charge on any atom is -0.491 e. The third kappa shape index (κ3) is 3.56. The van der Waals surface area contributed by atoms with Gasteiger partial charge in [0, 0.05) is 24.7 Å². The highest BCUT2D eigenvalue weighted by atomic mass is 19.1. The number of anilines is 2. The van der Waals surface area contributed by atoms with Crippen molar-refractivity contribution in [1.82, 2.24) is 0 Å². The molecule has 0 saturated heterocycles. The molecular weight excluding hydrogens is 255 g/mol. The maximum atomic E-state index is 13.8. The second kappa shape index (κ2) is 6.33. The van der Waals surface area contributed by atoms with E-state index in [4.69, 9.17) is 10.5 Å². The molecule has 0 amide bonds. The Morgan fingerprint density at radius 1 is 1.40 bits per heavy atom. The van der Waals surface area contributed by atoms with Gasteiger partial charge < -0.3 is 15.4 Å². The lowest BCUT2D eigenvalue weighted by Gasteiger charge is -2.27. The first-order valence-corrected chi connectivity index (χ1v) is 7.51. The summed E-state index contributed by atoms with van der Waals surface area (Å²) in [6.07, 6.45) is 3.50. The topological polar surface area (TPSA) is 38.5 Å². The normalized spacial score (nSPS) is 14.7. The quantitative estimate of drug-likeness (QED) is 0.772. The first kappa shape index (κ1) is 14.9. The van der Waals surface area contributed by atoms with Crippen molar-refractivity contribution in [2.24, 2.45) is 5.92 Å². The van der Waals surface area contributed by atoms with E-state index in [9.17, 15) is 4.39 Å². The number of benzene rings is 1. The summed E-state index contributed by atoms with van der Waals surface area (Å²) in [6, 6.07) is 3.69.